The van der Waals surface area contributed by atoms with Crippen LogP contribution in [-0.2, 0) is 5.54 Å². The van der Waals surface area contributed by atoms with E-state index in [0.29, 0.717) is 37.0 Å². The second-order valence-electron chi connectivity index (χ2n) is 4.70. The third-order valence-electron chi connectivity index (χ3n) is 3.54. The van der Waals surface area contributed by atoms with Crippen LogP contribution in [0, 0.1) is 5.82 Å². The minimum Gasteiger partial charge on any atom is -0.496 e. The predicted molar refractivity (Wildman–Crippen MR) is 63.3 cm³/mol. The number of aliphatic hydroxyl groups excluding tert-OH is 1. The predicted octanol–water partition coefficient (Wildman–Crippen LogP) is 1.92. The Kier molecular flexibility index (Phi) is 3.35. The summed E-state index contributed by atoms with van der Waals surface area (Å²) in [6.07, 6.45) is 2.04. The Bertz CT molecular complexity index is 400. The molecule has 0 atom stereocenters. The van der Waals surface area contributed by atoms with Gasteiger partial charge in [0, 0.05) is 11.1 Å². The fourth-order valence-corrected chi connectivity index (χ4v) is 2.53. The van der Waals surface area contributed by atoms with E-state index < -0.39 is 5.54 Å². The van der Waals surface area contributed by atoms with E-state index in [0.717, 1.165) is 0 Å². The smallest absolute Gasteiger partial charge is 0.131 e. The second-order valence-corrected chi connectivity index (χ2v) is 4.70. The van der Waals surface area contributed by atoms with Gasteiger partial charge in [0.2, 0.25) is 0 Å². The lowest BCUT2D eigenvalue weighted by molar-refractivity contribution is 0.0947. The average Bonchev–Trinajstić information content (AvgIpc) is 2.32. The fraction of sp³-hybridized carbons (Fsp3) is 0.538. The topological polar surface area (TPSA) is 55.5 Å². The molecule has 1 aromatic rings. The van der Waals surface area contributed by atoms with Gasteiger partial charge < -0.3 is 15.6 Å². The molecule has 0 heterocycles. The number of halogens is 1. The van der Waals surface area contributed by atoms with E-state index >= 15 is 0 Å². The molecule has 1 aliphatic rings. The van der Waals surface area contributed by atoms with Gasteiger partial charge in [0.15, 0.2) is 0 Å². The number of ether oxygens (including phenoxy) is 1. The molecule has 3 nitrogen and oxygen atoms in total. The highest BCUT2D eigenvalue weighted by atomic mass is 19.1. The molecular formula is C13H18FNO2. The van der Waals surface area contributed by atoms with Gasteiger partial charge in [0.05, 0.1) is 13.2 Å². The van der Waals surface area contributed by atoms with Crippen molar-refractivity contribution in [3.8, 4) is 5.75 Å². The largest absolute Gasteiger partial charge is 0.496 e. The highest BCUT2D eigenvalue weighted by Crippen LogP contribution is 2.40. The van der Waals surface area contributed by atoms with E-state index in [4.69, 9.17) is 10.5 Å². The third-order valence-corrected chi connectivity index (χ3v) is 3.54. The molecule has 17 heavy (non-hydrogen) atoms. The van der Waals surface area contributed by atoms with Crippen molar-refractivity contribution in [3.05, 3.63) is 29.6 Å². The van der Waals surface area contributed by atoms with Crippen molar-refractivity contribution in [1.82, 2.24) is 0 Å². The van der Waals surface area contributed by atoms with Gasteiger partial charge in [-0.25, -0.2) is 4.39 Å². The maximum absolute atomic E-state index is 13.9. The summed E-state index contributed by atoms with van der Waals surface area (Å²) in [5, 5.41) is 9.50. The molecule has 94 valence electrons. The van der Waals surface area contributed by atoms with Crippen molar-refractivity contribution in [3.63, 3.8) is 0 Å². The van der Waals surface area contributed by atoms with Crippen molar-refractivity contribution in [2.24, 2.45) is 5.73 Å². The molecular weight excluding hydrogens is 221 g/mol. The molecule has 1 saturated carbocycles. The van der Waals surface area contributed by atoms with E-state index in [2.05, 4.69) is 0 Å². The first-order chi connectivity index (χ1) is 8.07. The lowest BCUT2D eigenvalue weighted by atomic mass is 9.76. The van der Waals surface area contributed by atoms with Crippen LogP contribution in [0.4, 0.5) is 4.39 Å². The van der Waals surface area contributed by atoms with E-state index in [9.17, 15) is 9.50 Å². The van der Waals surface area contributed by atoms with Crippen LogP contribution in [0.15, 0.2) is 18.2 Å². The first-order valence-corrected chi connectivity index (χ1v) is 5.87. The second kappa shape index (κ2) is 4.63. The van der Waals surface area contributed by atoms with Gasteiger partial charge in [-0.2, -0.15) is 0 Å². The van der Waals surface area contributed by atoms with Crippen LogP contribution in [0.5, 0.6) is 5.75 Å². The molecule has 0 aliphatic heterocycles. The minimum absolute atomic E-state index is 0.315. The van der Waals surface area contributed by atoms with Gasteiger partial charge in [-0.05, 0) is 37.8 Å². The normalized spacial score (nSPS) is 29.1. The highest BCUT2D eigenvalue weighted by Gasteiger charge is 2.36. The number of nitrogens with two attached hydrogens (primary N) is 1. The zero-order valence-electron chi connectivity index (χ0n) is 9.95. The van der Waals surface area contributed by atoms with Gasteiger partial charge in [-0.15, -0.1) is 0 Å². The van der Waals surface area contributed by atoms with E-state index in [1.165, 1.54) is 13.2 Å². The number of methoxy groups -OCH3 is 1. The molecule has 2 rings (SSSR count). The summed E-state index contributed by atoms with van der Waals surface area (Å²) in [5.41, 5.74) is 6.00. The van der Waals surface area contributed by atoms with Gasteiger partial charge in [0.1, 0.15) is 11.6 Å². The average molecular weight is 239 g/mol. The highest BCUT2D eigenvalue weighted by molar-refractivity contribution is 5.40. The number of aliphatic hydroxyl groups is 1. The molecule has 0 saturated heterocycles. The molecule has 0 aromatic heterocycles. The molecule has 0 bridgehead atoms. The molecule has 0 radical (unpaired) electrons. The van der Waals surface area contributed by atoms with Crippen LogP contribution >= 0.6 is 0 Å². The summed E-state index contributed by atoms with van der Waals surface area (Å²) in [5.74, 6) is 0.159. The Hall–Kier alpha value is -1.13. The zero-order chi connectivity index (χ0) is 12.5. The summed E-state index contributed by atoms with van der Waals surface area (Å²) in [6, 6.07) is 4.73. The van der Waals surface area contributed by atoms with Crippen LogP contribution < -0.4 is 10.5 Å². The van der Waals surface area contributed by atoms with Crippen LogP contribution in [0.1, 0.15) is 31.2 Å². The van der Waals surface area contributed by atoms with Crippen molar-refractivity contribution in [1.29, 1.82) is 0 Å². The first kappa shape index (κ1) is 12.3. The third kappa shape index (κ3) is 2.28. The fourth-order valence-electron chi connectivity index (χ4n) is 2.53. The van der Waals surface area contributed by atoms with Crippen LogP contribution in [0.2, 0.25) is 0 Å². The minimum atomic E-state index is -0.726. The van der Waals surface area contributed by atoms with Crippen LogP contribution in [-0.4, -0.2) is 18.3 Å². The van der Waals surface area contributed by atoms with Crippen LogP contribution in [0.25, 0.3) is 0 Å². The molecule has 1 fully saturated rings. The Morgan fingerprint density at radius 2 is 2.06 bits per heavy atom. The summed E-state index contributed by atoms with van der Waals surface area (Å²) in [6.45, 7) is 0. The van der Waals surface area contributed by atoms with E-state index in [1.807, 2.05) is 0 Å². The van der Waals surface area contributed by atoms with Crippen molar-refractivity contribution in [2.75, 3.05) is 7.11 Å². The summed E-state index contributed by atoms with van der Waals surface area (Å²) in [7, 11) is 1.51. The van der Waals surface area contributed by atoms with Crippen molar-refractivity contribution >= 4 is 0 Å². The number of rotatable bonds is 2. The van der Waals surface area contributed by atoms with Gasteiger partial charge in [-0.1, -0.05) is 6.07 Å². The molecule has 3 N–H and O–H groups in total. The first-order valence-electron chi connectivity index (χ1n) is 5.87. The van der Waals surface area contributed by atoms with Gasteiger partial charge >= 0.3 is 0 Å². The maximum Gasteiger partial charge on any atom is 0.131 e. The Balaban J connectivity index is 2.38. The zero-order valence-corrected chi connectivity index (χ0v) is 9.95. The Labute approximate surface area is 100 Å². The quantitative estimate of drug-likeness (QED) is 0.829. The summed E-state index contributed by atoms with van der Waals surface area (Å²) < 4.78 is 19.1. The SMILES string of the molecule is COc1cccc(F)c1C1(N)CCC(O)CC1. The van der Waals surface area contributed by atoms with E-state index in [1.54, 1.807) is 12.1 Å². The van der Waals surface area contributed by atoms with E-state index in [-0.39, 0.29) is 11.9 Å². The number of hydrogen-bond donors (Lipinski definition) is 2. The number of hydrogen-bond acceptors (Lipinski definition) is 3. The Morgan fingerprint density at radius 1 is 1.41 bits per heavy atom. The van der Waals surface area contributed by atoms with Gasteiger partial charge in [0.25, 0.3) is 0 Å². The lowest BCUT2D eigenvalue weighted by Gasteiger charge is -2.36. The van der Waals surface area contributed by atoms with Crippen molar-refractivity contribution < 1.29 is 14.2 Å². The molecule has 1 aliphatic carbocycles. The maximum atomic E-state index is 13.9. The summed E-state index contributed by atoms with van der Waals surface area (Å²) >= 11 is 0. The Morgan fingerprint density at radius 3 is 2.65 bits per heavy atom. The standard InChI is InChI=1S/C13H18FNO2/c1-17-11-4-2-3-10(14)12(11)13(15)7-5-9(16)6-8-13/h2-4,9,16H,5-8,15H2,1H3. The summed E-state index contributed by atoms with van der Waals surface area (Å²) in [4.78, 5) is 0. The molecule has 4 heteroatoms. The van der Waals surface area contributed by atoms with Crippen LogP contribution in [0.3, 0.4) is 0 Å². The monoisotopic (exact) mass is 239 g/mol. The molecule has 0 amide bonds. The molecule has 1 aromatic carbocycles. The molecule has 0 spiro atoms. The van der Waals surface area contributed by atoms with Gasteiger partial charge in [-0.3, -0.25) is 0 Å². The number of benzene rings is 1. The lowest BCUT2D eigenvalue weighted by Crippen LogP contribution is -2.42. The van der Waals surface area contributed by atoms with Crippen molar-refractivity contribution in [2.45, 2.75) is 37.3 Å². The molecule has 0 unspecified atom stereocenters.